The van der Waals surface area contributed by atoms with Gasteiger partial charge in [-0.2, -0.15) is 9.78 Å². The van der Waals surface area contributed by atoms with Crippen molar-refractivity contribution < 1.29 is 10.2 Å². The van der Waals surface area contributed by atoms with Crippen molar-refractivity contribution in [1.29, 1.82) is 0 Å². The van der Waals surface area contributed by atoms with E-state index in [0.717, 1.165) is 36.1 Å². The van der Waals surface area contributed by atoms with Crippen LogP contribution in [0.2, 0.25) is 0 Å². The molecule has 0 bridgehead atoms. The van der Waals surface area contributed by atoms with Crippen molar-refractivity contribution in [1.82, 2.24) is 9.66 Å². The van der Waals surface area contributed by atoms with E-state index >= 15 is 0 Å². The molecular weight excluding hydrogens is 338 g/mol. The number of aryl methyl sites for hydroxylation is 3. The smallest absolute Gasteiger partial charge is 0.283 e. The van der Waals surface area contributed by atoms with Crippen LogP contribution in [0.15, 0.2) is 28.1 Å². The highest BCUT2D eigenvalue weighted by Gasteiger charge is 2.21. The summed E-state index contributed by atoms with van der Waals surface area (Å²) in [7, 11) is 0. The number of rotatable bonds is 2. The van der Waals surface area contributed by atoms with Gasteiger partial charge in [-0.25, -0.2) is 4.98 Å². The molecule has 0 aliphatic heterocycles. The lowest BCUT2D eigenvalue weighted by atomic mass is 9.97. The molecule has 0 saturated heterocycles. The Kier molecular flexibility index (Phi) is 3.80. The average molecular weight is 355 g/mol. The van der Waals surface area contributed by atoms with Gasteiger partial charge in [0.25, 0.3) is 5.56 Å². The molecule has 0 spiro atoms. The van der Waals surface area contributed by atoms with Crippen LogP contribution in [0.5, 0.6) is 11.5 Å². The Balaban J connectivity index is 1.84. The lowest BCUT2D eigenvalue weighted by Crippen LogP contribution is -2.21. The molecule has 2 N–H and O–H groups in total. The van der Waals surface area contributed by atoms with Gasteiger partial charge in [-0.05, 0) is 50.3 Å². The first-order valence-corrected chi connectivity index (χ1v) is 8.96. The Hall–Kier alpha value is -2.67. The summed E-state index contributed by atoms with van der Waals surface area (Å²) in [5.41, 5.74) is 1.37. The number of aromatic hydroxyl groups is 2. The molecule has 0 radical (unpaired) electrons. The molecule has 7 heteroatoms. The van der Waals surface area contributed by atoms with Gasteiger partial charge in [0.05, 0.1) is 11.6 Å². The van der Waals surface area contributed by atoms with Crippen molar-refractivity contribution in [3.63, 3.8) is 0 Å². The van der Waals surface area contributed by atoms with Gasteiger partial charge in [-0.15, -0.1) is 11.3 Å². The zero-order valence-corrected chi connectivity index (χ0v) is 14.5. The monoisotopic (exact) mass is 355 g/mol. The van der Waals surface area contributed by atoms with Crippen molar-refractivity contribution >= 4 is 27.8 Å². The molecular formula is C18H17N3O3S. The van der Waals surface area contributed by atoms with E-state index in [-0.39, 0.29) is 17.1 Å². The van der Waals surface area contributed by atoms with Crippen molar-refractivity contribution in [3.8, 4) is 11.5 Å². The molecule has 6 nitrogen and oxygen atoms in total. The van der Waals surface area contributed by atoms with Gasteiger partial charge >= 0.3 is 0 Å². The van der Waals surface area contributed by atoms with Gasteiger partial charge < -0.3 is 10.2 Å². The predicted octanol–water partition coefficient (Wildman–Crippen LogP) is 2.94. The lowest BCUT2D eigenvalue weighted by Gasteiger charge is -2.10. The van der Waals surface area contributed by atoms with E-state index < -0.39 is 0 Å². The minimum Gasteiger partial charge on any atom is -0.508 e. The summed E-state index contributed by atoms with van der Waals surface area (Å²) in [6, 6.07) is 4.22. The van der Waals surface area contributed by atoms with E-state index in [1.807, 2.05) is 0 Å². The average Bonchev–Trinajstić information content (AvgIpc) is 2.94. The summed E-state index contributed by atoms with van der Waals surface area (Å²) in [6.07, 6.45) is 5.58. The molecule has 3 aromatic rings. The maximum absolute atomic E-state index is 13.0. The third-order valence-corrected chi connectivity index (χ3v) is 5.64. The zero-order valence-electron chi connectivity index (χ0n) is 13.7. The first kappa shape index (κ1) is 15.8. The van der Waals surface area contributed by atoms with E-state index in [2.05, 4.69) is 10.1 Å². The number of aromatic nitrogens is 2. The molecule has 0 unspecified atom stereocenters. The predicted molar refractivity (Wildman–Crippen MR) is 98.0 cm³/mol. The van der Waals surface area contributed by atoms with Crippen LogP contribution >= 0.6 is 11.3 Å². The third kappa shape index (κ3) is 2.70. The minimum absolute atomic E-state index is 0.0315. The second kappa shape index (κ2) is 6.00. The highest BCUT2D eigenvalue weighted by molar-refractivity contribution is 7.18. The van der Waals surface area contributed by atoms with Crippen molar-refractivity contribution in [2.45, 2.75) is 32.6 Å². The van der Waals surface area contributed by atoms with Gasteiger partial charge in [0.2, 0.25) is 0 Å². The molecule has 1 aliphatic rings. The first-order valence-electron chi connectivity index (χ1n) is 8.15. The fraction of sp³-hybridized carbons (Fsp3) is 0.278. The molecule has 0 saturated carbocycles. The zero-order chi connectivity index (χ0) is 17.6. The summed E-state index contributed by atoms with van der Waals surface area (Å²) in [5, 5.41) is 24.1. The topological polar surface area (TPSA) is 87.7 Å². The fourth-order valence-corrected chi connectivity index (χ4v) is 4.49. The van der Waals surface area contributed by atoms with Crippen LogP contribution in [-0.2, 0) is 12.8 Å². The Morgan fingerprint density at radius 3 is 2.88 bits per heavy atom. The van der Waals surface area contributed by atoms with Crippen LogP contribution in [0.3, 0.4) is 0 Å². The number of hydrogen-bond acceptors (Lipinski definition) is 6. The van der Waals surface area contributed by atoms with E-state index in [0.29, 0.717) is 16.8 Å². The number of thiophene rings is 1. The Morgan fingerprint density at radius 1 is 1.28 bits per heavy atom. The SMILES string of the molecule is Cc1nc2sc3c(c2c(=O)n1/N=C/c1ccc(O)cc1O)CCCC3. The van der Waals surface area contributed by atoms with Gasteiger partial charge in [0, 0.05) is 16.5 Å². The van der Waals surface area contributed by atoms with Crippen LogP contribution in [0.25, 0.3) is 10.2 Å². The van der Waals surface area contributed by atoms with E-state index in [4.69, 9.17) is 0 Å². The maximum Gasteiger partial charge on any atom is 0.283 e. The van der Waals surface area contributed by atoms with Crippen LogP contribution in [0.1, 0.15) is 34.7 Å². The van der Waals surface area contributed by atoms with Crippen LogP contribution < -0.4 is 5.56 Å². The number of phenolic OH excluding ortho intramolecular Hbond substituents is 2. The van der Waals surface area contributed by atoms with Gasteiger partial charge in [0.15, 0.2) is 0 Å². The van der Waals surface area contributed by atoms with Crippen molar-refractivity contribution in [2.75, 3.05) is 0 Å². The fourth-order valence-electron chi connectivity index (χ4n) is 3.20. The van der Waals surface area contributed by atoms with Crippen LogP contribution in [0, 0.1) is 6.92 Å². The highest BCUT2D eigenvalue weighted by Crippen LogP contribution is 2.33. The molecule has 0 atom stereocenters. The van der Waals surface area contributed by atoms with Crippen molar-refractivity contribution in [2.24, 2.45) is 5.10 Å². The number of hydrogen-bond donors (Lipinski definition) is 2. The summed E-state index contributed by atoms with van der Waals surface area (Å²) in [6.45, 7) is 1.74. The molecule has 4 rings (SSSR count). The second-order valence-corrected chi connectivity index (χ2v) is 7.24. The van der Waals surface area contributed by atoms with Gasteiger partial charge in [0.1, 0.15) is 22.2 Å². The Morgan fingerprint density at radius 2 is 2.08 bits per heavy atom. The molecule has 0 amide bonds. The largest absolute Gasteiger partial charge is 0.508 e. The van der Waals surface area contributed by atoms with Gasteiger partial charge in [-0.3, -0.25) is 4.79 Å². The maximum atomic E-state index is 13.0. The number of fused-ring (bicyclic) bond motifs is 3. The summed E-state index contributed by atoms with van der Waals surface area (Å²) in [4.78, 5) is 19.6. The van der Waals surface area contributed by atoms with Crippen molar-refractivity contribution in [3.05, 3.63) is 50.4 Å². The lowest BCUT2D eigenvalue weighted by molar-refractivity contribution is 0.450. The summed E-state index contributed by atoms with van der Waals surface area (Å²) in [5.74, 6) is 0.373. The number of phenols is 2. The minimum atomic E-state index is -0.170. The molecule has 128 valence electrons. The van der Waals surface area contributed by atoms with Gasteiger partial charge in [-0.1, -0.05) is 0 Å². The molecule has 2 aromatic heterocycles. The number of nitrogens with zero attached hydrogens (tertiary/aromatic N) is 3. The van der Waals surface area contributed by atoms with E-state index in [1.54, 1.807) is 18.3 Å². The Labute approximate surface area is 147 Å². The van der Waals surface area contributed by atoms with E-state index in [9.17, 15) is 15.0 Å². The van der Waals surface area contributed by atoms with Crippen LogP contribution in [-0.4, -0.2) is 26.1 Å². The number of benzene rings is 1. The quantitative estimate of drug-likeness (QED) is 0.692. The third-order valence-electron chi connectivity index (χ3n) is 4.46. The molecule has 0 fully saturated rings. The highest BCUT2D eigenvalue weighted by atomic mass is 32.1. The van der Waals surface area contributed by atoms with E-state index in [1.165, 1.54) is 34.0 Å². The molecule has 25 heavy (non-hydrogen) atoms. The Bertz CT molecular complexity index is 1070. The molecule has 2 heterocycles. The second-order valence-electron chi connectivity index (χ2n) is 6.15. The summed E-state index contributed by atoms with van der Waals surface area (Å²) >= 11 is 1.61. The first-order chi connectivity index (χ1) is 12.0. The standard InChI is InChI=1S/C18H17N3O3S/c1-10-20-17-16(13-4-2-3-5-15(13)25-17)18(24)21(10)19-9-11-6-7-12(22)8-14(11)23/h6-9,22-23H,2-5H2,1H3/b19-9+. The molecule has 1 aliphatic carbocycles. The molecule has 1 aromatic carbocycles. The normalized spacial score (nSPS) is 14.3. The summed E-state index contributed by atoms with van der Waals surface area (Å²) < 4.78 is 1.27. The van der Waals surface area contributed by atoms with Crippen LogP contribution in [0.4, 0.5) is 0 Å².